The molecule has 0 radical (unpaired) electrons. The number of nitrogens with one attached hydrogen (secondary N) is 2. The highest BCUT2D eigenvalue weighted by molar-refractivity contribution is 5.96. The summed E-state index contributed by atoms with van der Waals surface area (Å²) >= 11 is 0. The van der Waals surface area contributed by atoms with Crippen LogP contribution in [0.2, 0.25) is 0 Å². The van der Waals surface area contributed by atoms with E-state index in [9.17, 15) is 9.90 Å². The van der Waals surface area contributed by atoms with Gasteiger partial charge in [0.05, 0.1) is 52.4 Å². The number of hydrogen-bond acceptors (Lipinski definition) is 13. The number of nitrogens with two attached hydrogens (primary N) is 2. The molecule has 0 bridgehead atoms. The number of amidine groups is 1. The van der Waals surface area contributed by atoms with Crippen LogP contribution < -0.4 is 27.0 Å². The Morgan fingerprint density at radius 3 is 2.42 bits per heavy atom. The van der Waals surface area contributed by atoms with Gasteiger partial charge in [0.25, 0.3) is 5.91 Å². The van der Waals surface area contributed by atoms with Gasteiger partial charge in [0, 0.05) is 81.7 Å². The van der Waals surface area contributed by atoms with Gasteiger partial charge in [-0.3, -0.25) is 14.4 Å². The number of aliphatic hydroxyl groups excluding tert-OH is 1. The van der Waals surface area contributed by atoms with E-state index in [1.54, 1.807) is 12.1 Å². The van der Waals surface area contributed by atoms with E-state index in [1.807, 2.05) is 62.4 Å². The molecule has 318 valence electrons. The number of pyridine rings is 1. The van der Waals surface area contributed by atoms with Crippen molar-refractivity contribution in [3.8, 4) is 11.1 Å². The number of carbonyl (C=O) groups is 1. The number of hydrogen-bond donors (Lipinski definition) is 5. The molecule has 3 aromatic heterocycles. The van der Waals surface area contributed by atoms with Crippen molar-refractivity contribution in [2.45, 2.75) is 64.6 Å². The monoisotopic (exact) mass is 817 g/mol. The lowest BCUT2D eigenvalue weighted by atomic mass is 9.93. The number of amides is 1. The lowest BCUT2D eigenvalue weighted by Crippen LogP contribution is -2.48. The molecule has 4 aliphatic heterocycles. The number of rotatable bonds is 12. The molecule has 16 heteroatoms. The third-order valence-electron chi connectivity index (χ3n) is 11.6. The number of aliphatic imine (C=N–C) groups is 1. The van der Waals surface area contributed by atoms with Gasteiger partial charge in [-0.1, -0.05) is 18.2 Å². The molecule has 7 heterocycles. The maximum atomic E-state index is 12.9. The van der Waals surface area contributed by atoms with Gasteiger partial charge in [0.2, 0.25) is 0 Å². The second kappa shape index (κ2) is 19.0. The summed E-state index contributed by atoms with van der Waals surface area (Å²) < 4.78 is 2.18. The van der Waals surface area contributed by atoms with Crippen LogP contribution in [0.1, 0.15) is 78.1 Å². The van der Waals surface area contributed by atoms with Crippen LogP contribution in [0.5, 0.6) is 0 Å². The van der Waals surface area contributed by atoms with E-state index >= 15 is 0 Å². The van der Waals surface area contributed by atoms with Gasteiger partial charge in [-0.25, -0.2) is 19.9 Å². The molecule has 1 aromatic carbocycles. The first kappa shape index (κ1) is 42.3. The first-order valence-corrected chi connectivity index (χ1v) is 21.1. The van der Waals surface area contributed by atoms with E-state index in [-0.39, 0.29) is 29.5 Å². The van der Waals surface area contributed by atoms with Gasteiger partial charge in [-0.2, -0.15) is 5.10 Å². The minimum Gasteiger partial charge on any atom is -0.513 e. The molecular weight excluding hydrogens is 757 g/mol. The average Bonchev–Trinajstić information content (AvgIpc) is 4.03. The first-order valence-electron chi connectivity index (χ1n) is 21.1. The zero-order chi connectivity index (χ0) is 42.3. The molecule has 1 atom stereocenters. The van der Waals surface area contributed by atoms with Gasteiger partial charge in [0.15, 0.2) is 5.82 Å². The maximum Gasteiger partial charge on any atom is 0.272 e. The number of para-hydroxylation sites is 1. The maximum absolute atomic E-state index is 12.9. The molecule has 3 fully saturated rings. The summed E-state index contributed by atoms with van der Waals surface area (Å²) in [6, 6.07) is 13.9. The van der Waals surface area contributed by atoms with Crippen molar-refractivity contribution in [1.29, 1.82) is 0 Å². The molecule has 4 aliphatic rings. The van der Waals surface area contributed by atoms with E-state index in [2.05, 4.69) is 65.0 Å². The molecule has 4 aromatic rings. The Balaban J connectivity index is 0.00000176. The summed E-state index contributed by atoms with van der Waals surface area (Å²) in [4.78, 5) is 40.5. The van der Waals surface area contributed by atoms with Crippen LogP contribution in [0.3, 0.4) is 0 Å². The summed E-state index contributed by atoms with van der Waals surface area (Å²) in [6.45, 7) is 11.3. The van der Waals surface area contributed by atoms with Crippen molar-refractivity contribution in [3.05, 3.63) is 101 Å². The summed E-state index contributed by atoms with van der Waals surface area (Å²) in [5.41, 5.74) is 20.6. The summed E-state index contributed by atoms with van der Waals surface area (Å²) in [5, 5.41) is 21.1. The van der Waals surface area contributed by atoms with Crippen molar-refractivity contribution in [1.82, 2.24) is 44.7 Å². The van der Waals surface area contributed by atoms with E-state index in [1.165, 1.54) is 12.8 Å². The molecule has 16 nitrogen and oxygen atoms in total. The number of aliphatic hydroxyl groups is 1. The number of carbonyl (C=O) groups excluding carboxylic acids is 1. The minimum atomic E-state index is 0.00686. The van der Waals surface area contributed by atoms with E-state index in [0.29, 0.717) is 23.8 Å². The molecule has 8 rings (SSSR count). The molecule has 7 N–H and O–H groups in total. The highest BCUT2D eigenvalue weighted by Gasteiger charge is 2.37. The third kappa shape index (κ3) is 9.46. The smallest absolute Gasteiger partial charge is 0.272 e. The Bertz CT molecular complexity index is 2230. The normalized spacial score (nSPS) is 18.8. The minimum absolute atomic E-state index is 0.00686. The van der Waals surface area contributed by atoms with E-state index in [4.69, 9.17) is 21.5 Å². The Morgan fingerprint density at radius 1 is 0.967 bits per heavy atom. The standard InChI is InChI=1S/C42H53N13O2.C2H7N/c1-27-20-39(50-38(46-27)14-19-52-15-4-5-16-52)49-37(44)21-36(33(43)26-56)48-34-12-9-11-31-32-22-45-55(40(32)28(2)51(3)41(31)34)30-24-53(25-30)23-29-10-8-13-35(47-29)42(57)54-17-6-7-18-54;1-3-2/h8-13,20-22,26,28,30,48,56H,4-7,14-19,23-25,43H2,1-3H3,(H2,44,46,49,50);3H,1-2H3/b33-26+,36-21+;. The number of aryl methyl sites for hydroxylation is 1. The fourth-order valence-electron chi connectivity index (χ4n) is 8.49. The highest BCUT2D eigenvalue weighted by Crippen LogP contribution is 2.48. The average molecular weight is 817 g/mol. The van der Waals surface area contributed by atoms with Crippen molar-refractivity contribution in [3.63, 3.8) is 0 Å². The van der Waals surface area contributed by atoms with Gasteiger partial charge in [-0.05, 0) is 84.9 Å². The SMILES string of the molecule is CNC.Cc1cc(N=C(N)/C=C(Nc2cccc3c2N(C)C(C)c2c-3cnn2C2CN(Cc3cccc(C(=O)N4CCCC4)n3)C2)\C(N)=C/O)nc(CCN2CCCC2)n1. The lowest BCUT2D eigenvalue weighted by Gasteiger charge is -2.42. The largest absolute Gasteiger partial charge is 0.513 e. The van der Waals surface area contributed by atoms with Gasteiger partial charge in [0.1, 0.15) is 23.6 Å². The van der Waals surface area contributed by atoms with E-state index in [0.717, 1.165) is 117 Å². The zero-order valence-electron chi connectivity index (χ0n) is 35.6. The van der Waals surface area contributed by atoms with Crippen LogP contribution >= 0.6 is 0 Å². The molecule has 1 unspecified atom stereocenters. The Kier molecular flexibility index (Phi) is 13.4. The predicted octanol–water partition coefficient (Wildman–Crippen LogP) is 4.66. The number of anilines is 2. The highest BCUT2D eigenvalue weighted by atomic mass is 16.2. The Hall–Kier alpha value is -5.84. The molecule has 3 saturated heterocycles. The number of benzene rings is 1. The zero-order valence-corrected chi connectivity index (χ0v) is 35.6. The van der Waals surface area contributed by atoms with Crippen molar-refractivity contribution < 1.29 is 9.90 Å². The second-order valence-corrected chi connectivity index (χ2v) is 16.1. The van der Waals surface area contributed by atoms with Gasteiger partial charge < -0.3 is 41.9 Å². The van der Waals surface area contributed by atoms with E-state index < -0.39 is 0 Å². The fourth-order valence-corrected chi connectivity index (χ4v) is 8.49. The third-order valence-corrected chi connectivity index (χ3v) is 11.6. The number of aromatic nitrogens is 5. The van der Waals surface area contributed by atoms with Gasteiger partial charge in [-0.15, -0.1) is 0 Å². The molecule has 0 saturated carbocycles. The van der Waals surface area contributed by atoms with Crippen LogP contribution in [0.15, 0.2) is 77.4 Å². The van der Waals surface area contributed by atoms with Gasteiger partial charge >= 0.3 is 0 Å². The fraction of sp³-hybridized carbons (Fsp3) is 0.455. The van der Waals surface area contributed by atoms with Crippen molar-refractivity contribution in [2.75, 3.05) is 77.2 Å². The molecular formula is C44H60N14O2. The summed E-state index contributed by atoms with van der Waals surface area (Å²) in [5.74, 6) is 1.41. The predicted molar refractivity (Wildman–Crippen MR) is 237 cm³/mol. The lowest BCUT2D eigenvalue weighted by molar-refractivity contribution is 0.0781. The van der Waals surface area contributed by atoms with Crippen LogP contribution in [0.25, 0.3) is 11.1 Å². The Morgan fingerprint density at radius 2 is 1.68 bits per heavy atom. The van der Waals surface area contributed by atoms with Crippen LogP contribution in [0.4, 0.5) is 17.2 Å². The number of likely N-dealkylation sites (tertiary alicyclic amines) is 3. The quantitative estimate of drug-likeness (QED) is 0.0574. The second-order valence-electron chi connectivity index (χ2n) is 16.1. The van der Waals surface area contributed by atoms with Crippen LogP contribution in [-0.2, 0) is 13.0 Å². The topological polar surface area (TPSA) is 195 Å². The Labute approximate surface area is 353 Å². The van der Waals surface area contributed by atoms with Crippen molar-refractivity contribution in [2.24, 2.45) is 16.5 Å². The molecule has 0 spiro atoms. The molecule has 1 amide bonds. The summed E-state index contributed by atoms with van der Waals surface area (Å²) in [6.07, 6.45) is 9.76. The van der Waals surface area contributed by atoms with Crippen LogP contribution in [-0.4, -0.2) is 123 Å². The molecule has 0 aliphatic carbocycles. The van der Waals surface area contributed by atoms with Crippen molar-refractivity contribution >= 4 is 28.9 Å². The summed E-state index contributed by atoms with van der Waals surface area (Å²) in [7, 11) is 5.83. The molecule has 60 heavy (non-hydrogen) atoms. The van der Waals surface area contributed by atoms with Crippen LogP contribution in [0, 0.1) is 6.92 Å². The number of nitrogens with zero attached hydrogens (tertiary/aromatic N) is 10. The first-order chi connectivity index (χ1) is 29.1. The number of fused-ring (bicyclic) bond motifs is 3.